The first-order valence-corrected chi connectivity index (χ1v) is 7.29. The molecule has 1 aromatic rings. The van der Waals surface area contributed by atoms with E-state index in [0.717, 1.165) is 12.7 Å². The minimum absolute atomic E-state index is 0.0147. The molecule has 19 heavy (non-hydrogen) atoms. The Labute approximate surface area is 117 Å². The normalized spacial score (nSPS) is 16.2. The molecule has 0 bridgehead atoms. The molecular weight excluding hydrogens is 232 g/mol. The lowest BCUT2D eigenvalue weighted by molar-refractivity contribution is -0.109. The lowest BCUT2D eigenvalue weighted by Gasteiger charge is -2.24. The molecule has 0 aliphatic heterocycles. The highest BCUT2D eigenvalue weighted by molar-refractivity contribution is 5.51. The Kier molecular flexibility index (Phi) is 6.55. The summed E-state index contributed by atoms with van der Waals surface area (Å²) in [6.45, 7) is 6.58. The second kappa shape index (κ2) is 7.93. The summed E-state index contributed by atoms with van der Waals surface area (Å²) in [4.78, 5) is 10.9. The van der Waals surface area contributed by atoms with Gasteiger partial charge in [0.2, 0.25) is 0 Å². The van der Waals surface area contributed by atoms with Crippen LogP contribution in [0.25, 0.3) is 0 Å². The van der Waals surface area contributed by atoms with Crippen LogP contribution in [0.3, 0.4) is 0 Å². The third kappa shape index (κ3) is 5.42. The van der Waals surface area contributed by atoms with Gasteiger partial charge in [0.05, 0.1) is 0 Å². The molecule has 0 saturated heterocycles. The van der Waals surface area contributed by atoms with E-state index in [9.17, 15) is 4.79 Å². The number of rotatable bonds is 8. The number of benzene rings is 1. The van der Waals surface area contributed by atoms with Crippen LogP contribution in [-0.2, 0) is 4.79 Å². The summed E-state index contributed by atoms with van der Waals surface area (Å²) in [5.74, 6) is 0.397. The van der Waals surface area contributed by atoms with Gasteiger partial charge in [-0.3, -0.25) is 0 Å². The van der Waals surface area contributed by atoms with Crippen molar-refractivity contribution in [2.45, 2.75) is 52.4 Å². The number of hydrogen-bond donors (Lipinski definition) is 0. The topological polar surface area (TPSA) is 17.1 Å². The Morgan fingerprint density at radius 1 is 1.26 bits per heavy atom. The van der Waals surface area contributed by atoms with Crippen LogP contribution in [-0.4, -0.2) is 6.29 Å². The van der Waals surface area contributed by atoms with Crippen molar-refractivity contribution < 1.29 is 4.79 Å². The Hall–Kier alpha value is -1.37. The molecule has 0 amide bonds. The Morgan fingerprint density at radius 2 is 1.95 bits per heavy atom. The van der Waals surface area contributed by atoms with E-state index in [4.69, 9.17) is 0 Å². The van der Waals surface area contributed by atoms with E-state index in [1.807, 2.05) is 6.07 Å². The maximum Gasteiger partial charge on any atom is 0.120 e. The van der Waals surface area contributed by atoms with Gasteiger partial charge in [0.25, 0.3) is 0 Å². The van der Waals surface area contributed by atoms with E-state index in [-0.39, 0.29) is 5.41 Å². The SMILES string of the molecule is CCCC[C@@](C)(/C=C/[C@@H](C)c1ccccc1)CC=O. The van der Waals surface area contributed by atoms with Gasteiger partial charge in [-0.2, -0.15) is 0 Å². The zero-order valence-electron chi connectivity index (χ0n) is 12.4. The molecule has 0 aliphatic rings. The van der Waals surface area contributed by atoms with Crippen molar-refractivity contribution >= 4 is 6.29 Å². The molecular formula is C18H26O. The van der Waals surface area contributed by atoms with Crippen molar-refractivity contribution in [3.63, 3.8) is 0 Å². The second-order valence-corrected chi connectivity index (χ2v) is 5.69. The van der Waals surface area contributed by atoms with Gasteiger partial charge in [-0.05, 0) is 23.3 Å². The highest BCUT2D eigenvalue weighted by atomic mass is 16.1. The van der Waals surface area contributed by atoms with Crippen molar-refractivity contribution in [2.24, 2.45) is 5.41 Å². The zero-order chi connectivity index (χ0) is 14.1. The number of carbonyl (C=O) groups excluding carboxylic acids is 1. The number of unbranched alkanes of at least 4 members (excludes halogenated alkanes) is 1. The molecule has 0 fully saturated rings. The second-order valence-electron chi connectivity index (χ2n) is 5.69. The van der Waals surface area contributed by atoms with E-state index in [2.05, 4.69) is 57.2 Å². The van der Waals surface area contributed by atoms with Gasteiger partial charge in [0, 0.05) is 6.42 Å². The molecule has 1 heteroatoms. The summed E-state index contributed by atoms with van der Waals surface area (Å²) in [7, 11) is 0. The molecule has 0 saturated carbocycles. The monoisotopic (exact) mass is 258 g/mol. The van der Waals surface area contributed by atoms with Crippen molar-refractivity contribution in [1.82, 2.24) is 0 Å². The fraction of sp³-hybridized carbons (Fsp3) is 0.500. The predicted octanol–water partition coefficient (Wildman–Crippen LogP) is 5.13. The van der Waals surface area contributed by atoms with Gasteiger partial charge in [0.15, 0.2) is 0 Å². The maximum atomic E-state index is 10.9. The third-order valence-corrected chi connectivity index (χ3v) is 3.76. The van der Waals surface area contributed by atoms with Crippen LogP contribution < -0.4 is 0 Å². The Morgan fingerprint density at radius 3 is 2.53 bits per heavy atom. The number of hydrogen-bond acceptors (Lipinski definition) is 1. The number of aldehydes is 1. The third-order valence-electron chi connectivity index (χ3n) is 3.76. The van der Waals surface area contributed by atoms with Crippen molar-refractivity contribution in [1.29, 1.82) is 0 Å². The Balaban J connectivity index is 2.72. The van der Waals surface area contributed by atoms with Crippen molar-refractivity contribution in [2.75, 3.05) is 0 Å². The largest absolute Gasteiger partial charge is 0.303 e. The van der Waals surface area contributed by atoms with E-state index in [1.54, 1.807) is 0 Å². The van der Waals surface area contributed by atoms with Crippen molar-refractivity contribution in [3.8, 4) is 0 Å². The summed E-state index contributed by atoms with van der Waals surface area (Å²) in [5.41, 5.74) is 1.34. The summed E-state index contributed by atoms with van der Waals surface area (Å²) < 4.78 is 0. The lowest BCUT2D eigenvalue weighted by Crippen LogP contribution is -2.14. The summed E-state index contributed by atoms with van der Waals surface area (Å²) in [6.07, 6.45) is 9.59. The summed E-state index contributed by atoms with van der Waals surface area (Å²) in [5, 5.41) is 0. The van der Waals surface area contributed by atoms with Crippen LogP contribution in [0.2, 0.25) is 0 Å². The van der Waals surface area contributed by atoms with E-state index >= 15 is 0 Å². The van der Waals surface area contributed by atoms with E-state index in [1.165, 1.54) is 18.4 Å². The molecule has 2 atom stereocenters. The fourth-order valence-corrected chi connectivity index (χ4v) is 2.27. The molecule has 0 N–H and O–H groups in total. The minimum Gasteiger partial charge on any atom is -0.303 e. The van der Waals surface area contributed by atoms with Gasteiger partial charge in [-0.15, -0.1) is 0 Å². The molecule has 104 valence electrons. The molecule has 1 rings (SSSR count). The first-order chi connectivity index (χ1) is 9.11. The van der Waals surface area contributed by atoms with Crippen molar-refractivity contribution in [3.05, 3.63) is 48.0 Å². The maximum absolute atomic E-state index is 10.9. The van der Waals surface area contributed by atoms with E-state index < -0.39 is 0 Å². The summed E-state index contributed by atoms with van der Waals surface area (Å²) in [6, 6.07) is 10.5. The van der Waals surface area contributed by atoms with E-state index in [0.29, 0.717) is 12.3 Å². The Bertz CT molecular complexity index is 393. The van der Waals surface area contributed by atoms with Crippen LogP contribution in [0.5, 0.6) is 0 Å². The van der Waals surface area contributed by atoms with Crippen LogP contribution in [0.1, 0.15) is 57.9 Å². The molecule has 0 unspecified atom stereocenters. The molecule has 1 aromatic carbocycles. The fourth-order valence-electron chi connectivity index (χ4n) is 2.27. The molecule has 0 heterocycles. The van der Waals surface area contributed by atoms with Gasteiger partial charge < -0.3 is 4.79 Å². The standard InChI is InChI=1S/C18H26O/c1-4-5-12-18(3,14-15-19)13-11-16(2)17-9-7-6-8-10-17/h6-11,13,15-16H,4-5,12,14H2,1-3H3/b13-11+/t16-,18+/m1/s1. The quantitative estimate of drug-likeness (QED) is 0.466. The summed E-state index contributed by atoms with van der Waals surface area (Å²) >= 11 is 0. The average molecular weight is 258 g/mol. The predicted molar refractivity (Wildman–Crippen MR) is 82.3 cm³/mol. The van der Waals surface area contributed by atoms with Crippen LogP contribution in [0.4, 0.5) is 0 Å². The minimum atomic E-state index is 0.0147. The molecule has 1 nitrogen and oxygen atoms in total. The van der Waals surface area contributed by atoms with Crippen LogP contribution in [0, 0.1) is 5.41 Å². The first kappa shape index (κ1) is 15.7. The number of carbonyl (C=O) groups is 1. The van der Waals surface area contributed by atoms with Gasteiger partial charge in [0.1, 0.15) is 6.29 Å². The number of allylic oxidation sites excluding steroid dienone is 2. The molecule has 0 spiro atoms. The highest BCUT2D eigenvalue weighted by Crippen LogP contribution is 2.30. The molecule has 0 radical (unpaired) electrons. The molecule has 0 aromatic heterocycles. The van der Waals surface area contributed by atoms with Gasteiger partial charge in [-0.25, -0.2) is 0 Å². The molecule has 0 aliphatic carbocycles. The zero-order valence-corrected chi connectivity index (χ0v) is 12.4. The average Bonchev–Trinajstić information content (AvgIpc) is 2.44. The smallest absolute Gasteiger partial charge is 0.120 e. The van der Waals surface area contributed by atoms with Crippen LogP contribution in [0.15, 0.2) is 42.5 Å². The van der Waals surface area contributed by atoms with Gasteiger partial charge >= 0.3 is 0 Å². The lowest BCUT2D eigenvalue weighted by atomic mass is 9.81. The van der Waals surface area contributed by atoms with Crippen LogP contribution >= 0.6 is 0 Å². The van der Waals surface area contributed by atoms with Gasteiger partial charge in [-0.1, -0.05) is 76.1 Å². The highest BCUT2D eigenvalue weighted by Gasteiger charge is 2.19. The first-order valence-electron chi connectivity index (χ1n) is 7.29.